The molecule has 122 valence electrons. The van der Waals surface area contributed by atoms with E-state index in [4.69, 9.17) is 16.3 Å². The van der Waals surface area contributed by atoms with Crippen molar-refractivity contribution in [2.45, 2.75) is 11.8 Å². The predicted molar refractivity (Wildman–Crippen MR) is 90.2 cm³/mol. The zero-order valence-corrected chi connectivity index (χ0v) is 14.5. The van der Waals surface area contributed by atoms with E-state index in [0.29, 0.717) is 27.6 Å². The molecule has 0 unspecified atom stereocenters. The third-order valence-corrected chi connectivity index (χ3v) is 4.70. The van der Waals surface area contributed by atoms with Crippen LogP contribution in [0.1, 0.15) is 15.9 Å². The highest BCUT2D eigenvalue weighted by molar-refractivity contribution is 7.90. The summed E-state index contributed by atoms with van der Waals surface area (Å²) in [4.78, 5) is 12.5. The van der Waals surface area contributed by atoms with Gasteiger partial charge in [-0.1, -0.05) is 17.7 Å². The van der Waals surface area contributed by atoms with E-state index in [-0.39, 0.29) is 4.90 Å². The van der Waals surface area contributed by atoms with Crippen LogP contribution in [0.5, 0.6) is 5.75 Å². The number of sulfone groups is 1. The molecule has 1 amide bonds. The van der Waals surface area contributed by atoms with Crippen molar-refractivity contribution in [3.8, 4) is 5.75 Å². The Morgan fingerprint density at radius 1 is 1.17 bits per heavy atom. The zero-order valence-electron chi connectivity index (χ0n) is 12.9. The summed E-state index contributed by atoms with van der Waals surface area (Å²) in [5.74, 6) is 0.0918. The van der Waals surface area contributed by atoms with Gasteiger partial charge in [-0.25, -0.2) is 8.42 Å². The van der Waals surface area contributed by atoms with E-state index in [1.54, 1.807) is 31.2 Å². The minimum atomic E-state index is -3.38. The molecule has 2 aromatic rings. The standard InChI is InChI=1S/C16H16ClNO4S/c1-10-4-6-12(23(3,20)21)9-13(10)16(19)18-11-5-7-15(22-2)14(17)8-11/h4-9H,1-3H3,(H,18,19). The lowest BCUT2D eigenvalue weighted by atomic mass is 10.1. The molecule has 0 aromatic heterocycles. The second kappa shape index (κ2) is 6.60. The van der Waals surface area contributed by atoms with Gasteiger partial charge in [0, 0.05) is 17.5 Å². The highest BCUT2D eigenvalue weighted by atomic mass is 35.5. The molecule has 0 aliphatic heterocycles. The Hall–Kier alpha value is -2.05. The zero-order chi connectivity index (χ0) is 17.2. The normalized spacial score (nSPS) is 11.1. The van der Waals surface area contributed by atoms with E-state index in [1.165, 1.54) is 19.2 Å². The maximum atomic E-state index is 12.4. The van der Waals surface area contributed by atoms with Gasteiger partial charge in [0.25, 0.3) is 5.91 Å². The van der Waals surface area contributed by atoms with Crippen LogP contribution < -0.4 is 10.1 Å². The fourth-order valence-electron chi connectivity index (χ4n) is 2.02. The van der Waals surface area contributed by atoms with Gasteiger partial charge in [-0.3, -0.25) is 4.79 Å². The third-order valence-electron chi connectivity index (χ3n) is 3.29. The predicted octanol–water partition coefficient (Wildman–Crippen LogP) is 3.31. The molecule has 0 spiro atoms. The van der Waals surface area contributed by atoms with Crippen LogP contribution in [0.15, 0.2) is 41.3 Å². The van der Waals surface area contributed by atoms with Crippen LogP contribution >= 0.6 is 11.6 Å². The summed E-state index contributed by atoms with van der Waals surface area (Å²) >= 11 is 6.02. The number of hydrogen-bond donors (Lipinski definition) is 1. The van der Waals surface area contributed by atoms with Gasteiger partial charge in [0.05, 0.1) is 17.0 Å². The number of halogens is 1. The fourth-order valence-corrected chi connectivity index (χ4v) is 2.92. The molecule has 0 bridgehead atoms. The van der Waals surface area contributed by atoms with Crippen LogP contribution in [-0.2, 0) is 9.84 Å². The van der Waals surface area contributed by atoms with E-state index < -0.39 is 15.7 Å². The molecule has 0 atom stereocenters. The van der Waals surface area contributed by atoms with Crippen molar-refractivity contribution in [2.75, 3.05) is 18.7 Å². The van der Waals surface area contributed by atoms with Gasteiger partial charge < -0.3 is 10.1 Å². The van der Waals surface area contributed by atoms with Crippen molar-refractivity contribution >= 4 is 33.0 Å². The number of methoxy groups -OCH3 is 1. The monoisotopic (exact) mass is 353 g/mol. The Morgan fingerprint density at radius 2 is 1.87 bits per heavy atom. The van der Waals surface area contributed by atoms with Crippen molar-refractivity contribution in [2.24, 2.45) is 0 Å². The molecular formula is C16H16ClNO4S. The molecule has 0 saturated carbocycles. The first-order valence-electron chi connectivity index (χ1n) is 6.68. The van der Waals surface area contributed by atoms with Gasteiger partial charge in [-0.2, -0.15) is 0 Å². The number of rotatable bonds is 4. The first kappa shape index (κ1) is 17.3. The van der Waals surface area contributed by atoms with Crippen molar-refractivity contribution < 1.29 is 17.9 Å². The smallest absolute Gasteiger partial charge is 0.255 e. The molecule has 0 radical (unpaired) electrons. The number of nitrogens with one attached hydrogen (secondary N) is 1. The topological polar surface area (TPSA) is 72.5 Å². The Bertz CT molecular complexity index is 862. The number of amides is 1. The van der Waals surface area contributed by atoms with Gasteiger partial charge in [0.15, 0.2) is 9.84 Å². The summed E-state index contributed by atoms with van der Waals surface area (Å²) in [5.41, 5.74) is 1.46. The summed E-state index contributed by atoms with van der Waals surface area (Å²) < 4.78 is 28.3. The molecule has 1 N–H and O–H groups in total. The molecule has 7 heteroatoms. The van der Waals surface area contributed by atoms with Crippen LogP contribution in [0.4, 0.5) is 5.69 Å². The molecule has 2 rings (SSSR count). The van der Waals surface area contributed by atoms with Crippen LogP contribution in [-0.4, -0.2) is 27.7 Å². The van der Waals surface area contributed by atoms with Gasteiger partial charge >= 0.3 is 0 Å². The van der Waals surface area contributed by atoms with Gasteiger partial charge in [-0.05, 0) is 42.8 Å². The van der Waals surface area contributed by atoms with Crippen molar-refractivity contribution in [1.29, 1.82) is 0 Å². The second-order valence-electron chi connectivity index (χ2n) is 5.05. The van der Waals surface area contributed by atoms with E-state index in [1.807, 2.05) is 0 Å². The number of ether oxygens (including phenoxy) is 1. The Kier molecular flexibility index (Phi) is 4.97. The van der Waals surface area contributed by atoms with Crippen molar-refractivity contribution in [3.63, 3.8) is 0 Å². The lowest BCUT2D eigenvalue weighted by Crippen LogP contribution is -2.14. The molecule has 0 saturated heterocycles. The molecule has 0 heterocycles. The Balaban J connectivity index is 2.32. The molecule has 2 aromatic carbocycles. The largest absolute Gasteiger partial charge is 0.495 e. The van der Waals surface area contributed by atoms with Gasteiger partial charge in [-0.15, -0.1) is 0 Å². The molecule has 5 nitrogen and oxygen atoms in total. The summed E-state index contributed by atoms with van der Waals surface area (Å²) in [7, 11) is -1.88. The minimum Gasteiger partial charge on any atom is -0.495 e. The fraction of sp³-hybridized carbons (Fsp3) is 0.188. The molecule has 0 fully saturated rings. The van der Waals surface area contributed by atoms with Gasteiger partial charge in [0.2, 0.25) is 0 Å². The molecule has 0 aliphatic carbocycles. The van der Waals surface area contributed by atoms with E-state index in [2.05, 4.69) is 5.32 Å². The number of carbonyl (C=O) groups is 1. The Labute approximate surface area is 140 Å². The average Bonchev–Trinajstić information content (AvgIpc) is 2.46. The number of hydrogen-bond acceptors (Lipinski definition) is 4. The third kappa shape index (κ3) is 4.03. The van der Waals surface area contributed by atoms with Crippen LogP contribution in [0, 0.1) is 6.92 Å². The highest BCUT2D eigenvalue weighted by Crippen LogP contribution is 2.27. The van der Waals surface area contributed by atoms with E-state index in [0.717, 1.165) is 6.26 Å². The lowest BCUT2D eigenvalue weighted by Gasteiger charge is -2.10. The lowest BCUT2D eigenvalue weighted by molar-refractivity contribution is 0.102. The summed E-state index contributed by atoms with van der Waals surface area (Å²) in [6, 6.07) is 9.30. The van der Waals surface area contributed by atoms with Crippen LogP contribution in [0.3, 0.4) is 0 Å². The van der Waals surface area contributed by atoms with Crippen LogP contribution in [0.2, 0.25) is 5.02 Å². The Morgan fingerprint density at radius 3 is 2.43 bits per heavy atom. The summed E-state index contributed by atoms with van der Waals surface area (Å²) in [5, 5.41) is 3.06. The van der Waals surface area contributed by atoms with Crippen LogP contribution in [0.25, 0.3) is 0 Å². The van der Waals surface area contributed by atoms with Crippen molar-refractivity contribution in [3.05, 3.63) is 52.5 Å². The number of aryl methyl sites for hydroxylation is 1. The van der Waals surface area contributed by atoms with Gasteiger partial charge in [0.1, 0.15) is 5.75 Å². The first-order chi connectivity index (χ1) is 10.7. The molecule has 0 aliphatic rings. The van der Waals surface area contributed by atoms with Crippen molar-refractivity contribution in [1.82, 2.24) is 0 Å². The SMILES string of the molecule is COc1ccc(NC(=O)c2cc(S(C)(=O)=O)ccc2C)cc1Cl. The number of benzene rings is 2. The second-order valence-corrected chi connectivity index (χ2v) is 7.48. The highest BCUT2D eigenvalue weighted by Gasteiger charge is 2.15. The van der Waals surface area contributed by atoms with E-state index >= 15 is 0 Å². The maximum absolute atomic E-state index is 12.4. The average molecular weight is 354 g/mol. The quantitative estimate of drug-likeness (QED) is 0.915. The summed E-state index contributed by atoms with van der Waals surface area (Å²) in [6.07, 6.45) is 1.10. The minimum absolute atomic E-state index is 0.0982. The van der Waals surface area contributed by atoms with E-state index in [9.17, 15) is 13.2 Å². The number of carbonyl (C=O) groups excluding carboxylic acids is 1. The molecule has 23 heavy (non-hydrogen) atoms. The first-order valence-corrected chi connectivity index (χ1v) is 8.95. The molecular weight excluding hydrogens is 338 g/mol. The maximum Gasteiger partial charge on any atom is 0.255 e. The number of anilines is 1. The summed E-state index contributed by atoms with van der Waals surface area (Å²) in [6.45, 7) is 1.74.